The number of ether oxygens (including phenoxy) is 1. The fourth-order valence-corrected chi connectivity index (χ4v) is 4.44. The lowest BCUT2D eigenvalue weighted by molar-refractivity contribution is -0.231. The molecule has 2 aromatic rings. The van der Waals surface area contributed by atoms with Gasteiger partial charge in [-0.1, -0.05) is 43.3 Å². The van der Waals surface area contributed by atoms with Crippen LogP contribution in [0.5, 0.6) is 0 Å². The van der Waals surface area contributed by atoms with Gasteiger partial charge >= 0.3 is 0 Å². The summed E-state index contributed by atoms with van der Waals surface area (Å²) >= 11 is 0. The molecule has 1 aliphatic heterocycles. The molecule has 4 rings (SSSR count). The Hall–Kier alpha value is -2.27. The van der Waals surface area contributed by atoms with Gasteiger partial charge in [0.2, 0.25) is 0 Å². The van der Waals surface area contributed by atoms with Gasteiger partial charge in [0.25, 0.3) is 0 Å². The smallest absolute Gasteiger partial charge is 0.113 e. The summed E-state index contributed by atoms with van der Waals surface area (Å²) in [5.74, 6) is 0.685. The fraction of sp³-hybridized carbons (Fsp3) is 0.480. The van der Waals surface area contributed by atoms with Gasteiger partial charge in [-0.15, -0.1) is 0 Å². The number of aliphatic hydroxyl groups is 4. The van der Waals surface area contributed by atoms with E-state index >= 15 is 0 Å². The Labute approximate surface area is 182 Å². The highest BCUT2D eigenvalue weighted by Gasteiger charge is 2.44. The summed E-state index contributed by atoms with van der Waals surface area (Å²) in [6.07, 6.45) is -2.38. The van der Waals surface area contributed by atoms with E-state index in [0.29, 0.717) is 29.9 Å². The molecule has 6 heteroatoms. The SMILES string of the molecule is CCc1cc([C@@H]2O[C@H](CO)[C@@H](O)[C@H](O)[C@H]2O)cc(Cc2ccc(C3CC3)cc2)c1C#N. The van der Waals surface area contributed by atoms with E-state index in [1.54, 1.807) is 0 Å². The first-order valence-electron chi connectivity index (χ1n) is 10.9. The summed E-state index contributed by atoms with van der Waals surface area (Å²) in [6.45, 7) is 1.49. The van der Waals surface area contributed by atoms with Crippen molar-refractivity contribution in [1.82, 2.24) is 0 Å². The third-order valence-electron chi connectivity index (χ3n) is 6.46. The number of aliphatic hydroxyl groups excluding tert-OH is 4. The highest BCUT2D eigenvalue weighted by Crippen LogP contribution is 2.40. The van der Waals surface area contributed by atoms with Crippen LogP contribution < -0.4 is 0 Å². The molecule has 2 fully saturated rings. The summed E-state index contributed by atoms with van der Waals surface area (Å²) in [5, 5.41) is 50.1. The lowest BCUT2D eigenvalue weighted by atomic mass is 9.86. The first-order valence-corrected chi connectivity index (χ1v) is 10.9. The zero-order valence-corrected chi connectivity index (χ0v) is 17.6. The standard InChI is InChI=1S/C25H29NO5/c1-2-15-10-19(25-24(30)23(29)22(28)21(13-27)31-25)11-18(20(15)12-26)9-14-3-5-16(6-4-14)17-7-8-17/h3-6,10-11,17,21-25,27-30H,2,7-9,13H2,1H3/t21-,22-,23+,24-,25+/m1/s1. The van der Waals surface area contributed by atoms with Crippen molar-refractivity contribution in [3.63, 3.8) is 0 Å². The van der Waals surface area contributed by atoms with Crippen LogP contribution >= 0.6 is 0 Å². The van der Waals surface area contributed by atoms with Crippen LogP contribution in [-0.2, 0) is 17.6 Å². The second kappa shape index (κ2) is 9.07. The van der Waals surface area contributed by atoms with Crippen molar-refractivity contribution >= 4 is 0 Å². The molecule has 1 saturated carbocycles. The van der Waals surface area contributed by atoms with E-state index in [1.807, 2.05) is 19.1 Å². The van der Waals surface area contributed by atoms with E-state index in [4.69, 9.17) is 4.74 Å². The van der Waals surface area contributed by atoms with Crippen molar-refractivity contribution in [2.45, 2.75) is 69.0 Å². The Balaban J connectivity index is 1.68. The van der Waals surface area contributed by atoms with Crippen molar-refractivity contribution in [2.75, 3.05) is 6.61 Å². The van der Waals surface area contributed by atoms with Gasteiger partial charge < -0.3 is 25.2 Å². The second-order valence-corrected chi connectivity index (χ2v) is 8.62. The van der Waals surface area contributed by atoms with Crippen LogP contribution in [-0.4, -0.2) is 51.4 Å². The molecule has 0 unspecified atom stereocenters. The minimum absolute atomic E-state index is 0.474. The molecule has 5 atom stereocenters. The van der Waals surface area contributed by atoms with Gasteiger partial charge in [0.1, 0.15) is 30.5 Å². The van der Waals surface area contributed by atoms with Gasteiger partial charge in [0.05, 0.1) is 18.2 Å². The highest BCUT2D eigenvalue weighted by atomic mass is 16.5. The molecule has 1 saturated heterocycles. The molecule has 164 valence electrons. The second-order valence-electron chi connectivity index (χ2n) is 8.62. The Morgan fingerprint density at radius 3 is 2.23 bits per heavy atom. The normalized spacial score (nSPS) is 28.3. The number of hydrogen-bond donors (Lipinski definition) is 4. The third kappa shape index (κ3) is 4.38. The molecule has 1 aliphatic carbocycles. The van der Waals surface area contributed by atoms with Crippen molar-refractivity contribution in [3.8, 4) is 6.07 Å². The van der Waals surface area contributed by atoms with Crippen LogP contribution in [0.3, 0.4) is 0 Å². The van der Waals surface area contributed by atoms with Crippen molar-refractivity contribution in [3.05, 3.63) is 69.8 Å². The predicted molar refractivity (Wildman–Crippen MR) is 114 cm³/mol. The topological polar surface area (TPSA) is 114 Å². The van der Waals surface area contributed by atoms with E-state index < -0.39 is 37.1 Å². The van der Waals surface area contributed by atoms with Crippen molar-refractivity contribution in [1.29, 1.82) is 5.26 Å². The average molecular weight is 424 g/mol. The molecule has 0 aromatic heterocycles. The number of rotatable bonds is 6. The van der Waals surface area contributed by atoms with E-state index in [1.165, 1.54) is 18.4 Å². The molecule has 0 spiro atoms. The van der Waals surface area contributed by atoms with Gasteiger partial charge in [-0.05, 0) is 59.4 Å². The van der Waals surface area contributed by atoms with Gasteiger partial charge in [0.15, 0.2) is 0 Å². The van der Waals surface area contributed by atoms with Gasteiger partial charge in [-0.2, -0.15) is 5.26 Å². The molecule has 6 nitrogen and oxygen atoms in total. The van der Waals surface area contributed by atoms with Gasteiger partial charge in [-0.3, -0.25) is 0 Å². The van der Waals surface area contributed by atoms with E-state index in [9.17, 15) is 25.7 Å². The molecular weight excluding hydrogens is 394 g/mol. The molecule has 2 aliphatic rings. The lowest BCUT2D eigenvalue weighted by Crippen LogP contribution is -2.55. The Bertz CT molecular complexity index is 961. The molecule has 0 bridgehead atoms. The number of nitriles is 1. The lowest BCUT2D eigenvalue weighted by Gasteiger charge is -2.40. The molecule has 31 heavy (non-hydrogen) atoms. The maximum absolute atomic E-state index is 10.6. The van der Waals surface area contributed by atoms with Crippen LogP contribution in [0.4, 0.5) is 0 Å². The highest BCUT2D eigenvalue weighted by molar-refractivity contribution is 5.50. The molecule has 0 amide bonds. The third-order valence-corrected chi connectivity index (χ3v) is 6.46. The summed E-state index contributed by atoms with van der Waals surface area (Å²) < 4.78 is 5.75. The van der Waals surface area contributed by atoms with E-state index in [0.717, 1.165) is 16.7 Å². The molecular formula is C25H29NO5. The summed E-state index contributed by atoms with van der Waals surface area (Å²) in [4.78, 5) is 0. The Kier molecular flexibility index (Phi) is 6.42. The minimum Gasteiger partial charge on any atom is -0.394 e. The maximum Gasteiger partial charge on any atom is 0.113 e. The van der Waals surface area contributed by atoms with Gasteiger partial charge in [0, 0.05) is 0 Å². The van der Waals surface area contributed by atoms with Crippen LogP contribution in [0, 0.1) is 11.3 Å². The van der Waals surface area contributed by atoms with Gasteiger partial charge in [-0.25, -0.2) is 0 Å². The van der Waals surface area contributed by atoms with Crippen LogP contribution in [0.15, 0.2) is 36.4 Å². The maximum atomic E-state index is 10.6. The average Bonchev–Trinajstić information content (AvgIpc) is 3.63. The first-order chi connectivity index (χ1) is 15.0. The molecule has 1 heterocycles. The van der Waals surface area contributed by atoms with E-state index in [2.05, 4.69) is 30.3 Å². The zero-order valence-electron chi connectivity index (χ0n) is 17.6. The summed E-state index contributed by atoms with van der Waals surface area (Å²) in [6, 6.07) is 14.5. The summed E-state index contributed by atoms with van der Waals surface area (Å²) in [7, 11) is 0. The predicted octanol–water partition coefficient (Wildman–Crippen LogP) is 2.10. The molecule has 2 aromatic carbocycles. The van der Waals surface area contributed by atoms with Crippen molar-refractivity contribution in [2.24, 2.45) is 0 Å². The number of nitrogens with zero attached hydrogens (tertiary/aromatic N) is 1. The summed E-state index contributed by atoms with van der Waals surface area (Å²) in [5.41, 5.74) is 5.34. The minimum atomic E-state index is -1.44. The van der Waals surface area contributed by atoms with Crippen LogP contribution in [0.1, 0.15) is 65.2 Å². The number of hydrogen-bond acceptors (Lipinski definition) is 6. The molecule has 0 radical (unpaired) electrons. The van der Waals surface area contributed by atoms with Crippen LogP contribution in [0.2, 0.25) is 0 Å². The first kappa shape index (κ1) is 21.9. The van der Waals surface area contributed by atoms with Crippen molar-refractivity contribution < 1.29 is 25.2 Å². The van der Waals surface area contributed by atoms with Crippen LogP contribution in [0.25, 0.3) is 0 Å². The fourth-order valence-electron chi connectivity index (χ4n) is 4.44. The number of benzene rings is 2. The monoisotopic (exact) mass is 423 g/mol. The largest absolute Gasteiger partial charge is 0.394 e. The quantitative estimate of drug-likeness (QED) is 0.566. The van der Waals surface area contributed by atoms with E-state index in [-0.39, 0.29) is 0 Å². The Morgan fingerprint density at radius 2 is 1.65 bits per heavy atom. The zero-order chi connectivity index (χ0) is 22.1. The number of aryl methyl sites for hydroxylation is 1. The molecule has 4 N–H and O–H groups in total. The Morgan fingerprint density at radius 1 is 0.968 bits per heavy atom.